The lowest BCUT2D eigenvalue weighted by Gasteiger charge is -2.40. The van der Waals surface area contributed by atoms with E-state index in [1.54, 1.807) is 24.1 Å². The molecular weight excluding hydrogens is 440 g/mol. The average molecular weight is 477 g/mol. The van der Waals surface area contributed by atoms with E-state index in [-0.39, 0.29) is 11.7 Å². The highest BCUT2D eigenvalue weighted by Crippen LogP contribution is 2.40. The Balaban J connectivity index is 2.04. The van der Waals surface area contributed by atoms with Crippen molar-refractivity contribution in [3.8, 4) is 11.5 Å². The fraction of sp³-hybridized carbons (Fsp3) is 0.480. The van der Waals surface area contributed by atoms with Crippen LogP contribution in [-0.4, -0.2) is 58.1 Å². The lowest BCUT2D eigenvalue weighted by molar-refractivity contribution is 0.0717. The number of carbonyl (C=O) groups is 1. The Morgan fingerprint density at radius 2 is 1.91 bits per heavy atom. The van der Waals surface area contributed by atoms with Gasteiger partial charge in [-0.1, -0.05) is 32.0 Å². The van der Waals surface area contributed by atoms with Crippen LogP contribution < -0.4 is 14.8 Å². The number of hydrogen-bond acceptors (Lipinski definition) is 5. The summed E-state index contributed by atoms with van der Waals surface area (Å²) < 4.78 is 34.9. The van der Waals surface area contributed by atoms with Crippen LogP contribution in [0.25, 0.3) is 0 Å². The summed E-state index contributed by atoms with van der Waals surface area (Å²) in [6.07, 6.45) is 2.70. The molecule has 0 spiro atoms. The Morgan fingerprint density at radius 3 is 2.52 bits per heavy atom. The van der Waals surface area contributed by atoms with E-state index in [9.17, 15) is 13.6 Å². The molecule has 0 aliphatic carbocycles. The minimum atomic E-state index is -3.95. The lowest BCUT2D eigenvalue weighted by Crippen LogP contribution is -2.42. The molecule has 33 heavy (non-hydrogen) atoms. The number of carbonyl (C=O) groups excluding carboxylic acids is 1. The number of methoxy groups -OCH3 is 1. The second kappa shape index (κ2) is 9.35. The molecular formula is C25H36N2O5S. The minimum absolute atomic E-state index is 0.0798. The third kappa shape index (κ3) is 6.06. The first-order chi connectivity index (χ1) is 15.4. The largest absolute Gasteiger partial charge is 0.493 e. The predicted molar refractivity (Wildman–Crippen MR) is 134 cm³/mol. The van der Waals surface area contributed by atoms with Gasteiger partial charge in [0.1, 0.15) is 0 Å². The van der Waals surface area contributed by atoms with Crippen molar-refractivity contribution in [2.45, 2.75) is 33.4 Å². The number of nitrogens with one attached hydrogen (secondary N) is 1. The van der Waals surface area contributed by atoms with Crippen molar-refractivity contribution >= 4 is 20.9 Å². The van der Waals surface area contributed by atoms with Gasteiger partial charge >= 0.3 is 0 Å². The third-order valence-electron chi connectivity index (χ3n) is 5.55. The predicted octanol–water partition coefficient (Wildman–Crippen LogP) is 4.41. The maximum absolute atomic E-state index is 13.7. The summed E-state index contributed by atoms with van der Waals surface area (Å²) in [5, 5.41) is 3.38. The Labute approximate surface area is 196 Å². The molecule has 182 valence electrons. The zero-order valence-electron chi connectivity index (χ0n) is 20.4. The van der Waals surface area contributed by atoms with Gasteiger partial charge < -0.3 is 24.2 Å². The number of anilines is 1. The van der Waals surface area contributed by atoms with Crippen LogP contribution in [-0.2, 0) is 15.9 Å². The summed E-state index contributed by atoms with van der Waals surface area (Å²) in [7, 11) is -2.38. The van der Waals surface area contributed by atoms with Crippen LogP contribution >= 0.6 is 0 Å². The van der Waals surface area contributed by atoms with Crippen LogP contribution in [0.15, 0.2) is 36.4 Å². The molecule has 1 amide bonds. The van der Waals surface area contributed by atoms with Gasteiger partial charge in [-0.05, 0) is 42.2 Å². The van der Waals surface area contributed by atoms with Gasteiger partial charge in [0.2, 0.25) is 0 Å². The molecule has 0 radical (unpaired) electrons. The Kier molecular flexibility index (Phi) is 7.10. The molecule has 0 bridgehead atoms. The SMILES string of the molecule is CCOc1cc(C(CS(C)(C)(=O)O)N2Cc3cccc(NCC(C)C)c3C2=O)ccc1OC. The summed E-state index contributed by atoms with van der Waals surface area (Å²) in [4.78, 5) is 15.4. The van der Waals surface area contributed by atoms with Crippen molar-refractivity contribution in [3.63, 3.8) is 0 Å². The van der Waals surface area contributed by atoms with Gasteiger partial charge in [-0.15, -0.1) is 0 Å². The molecule has 0 aromatic heterocycles. The average Bonchev–Trinajstić information content (AvgIpc) is 3.06. The molecule has 1 atom stereocenters. The summed E-state index contributed by atoms with van der Waals surface area (Å²) in [5.41, 5.74) is 3.07. The van der Waals surface area contributed by atoms with Gasteiger partial charge in [0.15, 0.2) is 11.5 Å². The zero-order valence-corrected chi connectivity index (χ0v) is 21.2. The van der Waals surface area contributed by atoms with Crippen LogP contribution in [0.1, 0.15) is 48.3 Å². The highest BCUT2D eigenvalue weighted by molar-refractivity contribution is 8.13. The van der Waals surface area contributed by atoms with Gasteiger partial charge in [-0.2, -0.15) is 9.35 Å². The smallest absolute Gasteiger partial charge is 0.257 e. The quantitative estimate of drug-likeness (QED) is 0.528. The molecule has 8 heteroatoms. The second-order valence-corrected chi connectivity index (χ2v) is 13.9. The summed E-state index contributed by atoms with van der Waals surface area (Å²) in [5.74, 6) is 1.32. The monoisotopic (exact) mass is 476 g/mol. The number of nitrogens with zero attached hydrogens (tertiary/aromatic N) is 1. The highest BCUT2D eigenvalue weighted by atomic mass is 32.3. The van der Waals surface area contributed by atoms with Crippen molar-refractivity contribution < 1.29 is 23.0 Å². The van der Waals surface area contributed by atoms with Gasteiger partial charge in [-0.25, -0.2) is 4.21 Å². The van der Waals surface area contributed by atoms with Crippen LogP contribution in [0.2, 0.25) is 0 Å². The van der Waals surface area contributed by atoms with Crippen molar-refractivity contribution in [3.05, 3.63) is 53.1 Å². The first-order valence-corrected chi connectivity index (χ1v) is 14.1. The molecule has 1 aliphatic heterocycles. The molecule has 0 saturated carbocycles. The van der Waals surface area contributed by atoms with Gasteiger partial charge in [0, 0.05) is 31.3 Å². The molecule has 7 nitrogen and oxygen atoms in total. The van der Waals surface area contributed by atoms with E-state index in [2.05, 4.69) is 19.2 Å². The fourth-order valence-electron chi connectivity index (χ4n) is 4.08. The second-order valence-electron chi connectivity index (χ2n) is 9.58. The van der Waals surface area contributed by atoms with E-state index < -0.39 is 15.4 Å². The van der Waals surface area contributed by atoms with Gasteiger partial charge in [0.05, 0.1) is 31.1 Å². The molecule has 2 aromatic rings. The summed E-state index contributed by atoms with van der Waals surface area (Å²) >= 11 is 0. The molecule has 1 aliphatic rings. The summed E-state index contributed by atoms with van der Waals surface area (Å²) in [6, 6.07) is 10.6. The highest BCUT2D eigenvalue weighted by Gasteiger charge is 2.38. The Hall–Kier alpha value is -2.58. The normalized spacial score (nSPS) is 15.7. The van der Waals surface area contributed by atoms with Crippen LogP contribution in [0.4, 0.5) is 5.69 Å². The first kappa shape index (κ1) is 25.1. The van der Waals surface area contributed by atoms with Crippen LogP contribution in [0, 0.1) is 5.92 Å². The third-order valence-corrected chi connectivity index (χ3v) is 6.82. The van der Waals surface area contributed by atoms with Crippen molar-refractivity contribution in [2.24, 2.45) is 5.92 Å². The van der Waals surface area contributed by atoms with E-state index in [4.69, 9.17) is 9.47 Å². The zero-order chi connectivity index (χ0) is 24.4. The maximum Gasteiger partial charge on any atom is 0.257 e. The summed E-state index contributed by atoms with van der Waals surface area (Å²) in [6.45, 7) is 7.67. The number of fused-ring (bicyclic) bond motifs is 1. The van der Waals surface area contributed by atoms with Crippen molar-refractivity contribution in [1.29, 1.82) is 0 Å². The number of amides is 1. The Bertz CT molecular complexity index is 1080. The molecule has 0 fully saturated rings. The first-order valence-electron chi connectivity index (χ1n) is 11.2. The van der Waals surface area contributed by atoms with E-state index in [1.165, 1.54) is 12.5 Å². The minimum Gasteiger partial charge on any atom is -0.493 e. The standard InChI is InChI=1S/C25H36N2O5S/c1-7-32-23-13-18(11-12-22(23)31-4)21(16-33(5,6,29)30)27-15-19-9-8-10-20(24(19)25(27)28)26-14-17(2)3/h8-13,17,21,26H,7,14-16H2,1-6H3,(H,29,30). The van der Waals surface area contributed by atoms with Gasteiger partial charge in [0.25, 0.3) is 5.91 Å². The maximum atomic E-state index is 13.7. The molecule has 1 unspecified atom stereocenters. The number of ether oxygens (including phenoxy) is 2. The van der Waals surface area contributed by atoms with E-state index in [0.717, 1.165) is 23.4 Å². The molecule has 2 N–H and O–H groups in total. The fourth-order valence-corrected chi connectivity index (χ4v) is 5.36. The van der Waals surface area contributed by atoms with Crippen LogP contribution in [0.3, 0.4) is 0 Å². The molecule has 2 aromatic carbocycles. The Morgan fingerprint density at radius 1 is 1.18 bits per heavy atom. The van der Waals surface area contributed by atoms with Crippen LogP contribution in [0.5, 0.6) is 11.5 Å². The van der Waals surface area contributed by atoms with Crippen molar-refractivity contribution in [2.75, 3.05) is 43.8 Å². The molecule has 1 heterocycles. The van der Waals surface area contributed by atoms with Gasteiger partial charge in [-0.3, -0.25) is 4.79 Å². The van der Waals surface area contributed by atoms with Crippen molar-refractivity contribution in [1.82, 2.24) is 4.90 Å². The molecule has 0 saturated heterocycles. The number of benzene rings is 2. The number of hydrogen-bond donors (Lipinski definition) is 2. The van der Waals surface area contributed by atoms with E-state index >= 15 is 0 Å². The van der Waals surface area contributed by atoms with E-state index in [0.29, 0.717) is 36.1 Å². The number of rotatable bonds is 10. The van der Waals surface area contributed by atoms with E-state index in [1.807, 2.05) is 31.2 Å². The molecule has 3 rings (SSSR count). The lowest BCUT2D eigenvalue weighted by atomic mass is 10.1. The topological polar surface area (TPSA) is 88.1 Å².